The third-order valence-electron chi connectivity index (χ3n) is 3.03. The molecule has 5 nitrogen and oxygen atoms in total. The number of methoxy groups -OCH3 is 1. The molecule has 5 heteroatoms. The van der Waals surface area contributed by atoms with E-state index in [1.807, 2.05) is 6.92 Å². The molecule has 106 valence electrons. The molecule has 0 saturated heterocycles. The standard InChI is InChI=1S/C14H22N2O3/c1-8(2)12(7-19-5)16-11-6-9(3)15-10(4)13(11)14(17)18/h6,8,12H,7H2,1-5H3,(H,15,16)(H,17,18). The van der Waals surface area contributed by atoms with E-state index in [4.69, 9.17) is 4.74 Å². The maximum atomic E-state index is 11.4. The first-order chi connectivity index (χ1) is 8.86. The smallest absolute Gasteiger partial charge is 0.339 e. The van der Waals surface area contributed by atoms with Crippen molar-refractivity contribution in [2.45, 2.75) is 33.7 Å². The minimum absolute atomic E-state index is 0.0595. The van der Waals surface area contributed by atoms with Crippen molar-refractivity contribution in [1.29, 1.82) is 0 Å². The molecule has 19 heavy (non-hydrogen) atoms. The van der Waals surface area contributed by atoms with Gasteiger partial charge in [0.2, 0.25) is 0 Å². The van der Waals surface area contributed by atoms with Gasteiger partial charge in [-0.15, -0.1) is 0 Å². The van der Waals surface area contributed by atoms with Crippen LogP contribution >= 0.6 is 0 Å². The number of carboxylic acid groups (broad SMARTS) is 1. The molecule has 0 amide bonds. The Kier molecular flexibility index (Phi) is 5.30. The maximum Gasteiger partial charge on any atom is 0.339 e. The summed E-state index contributed by atoms with van der Waals surface area (Å²) in [5, 5.41) is 12.6. The molecule has 2 N–H and O–H groups in total. The van der Waals surface area contributed by atoms with Gasteiger partial charge in [0.25, 0.3) is 0 Å². The quantitative estimate of drug-likeness (QED) is 0.827. The number of nitrogens with zero attached hydrogens (tertiary/aromatic N) is 1. The number of aryl methyl sites for hydroxylation is 2. The van der Waals surface area contributed by atoms with E-state index in [9.17, 15) is 9.90 Å². The molecule has 0 aliphatic heterocycles. The topological polar surface area (TPSA) is 71.5 Å². The molecule has 1 atom stereocenters. The van der Waals surface area contributed by atoms with E-state index < -0.39 is 5.97 Å². The summed E-state index contributed by atoms with van der Waals surface area (Å²) < 4.78 is 5.17. The largest absolute Gasteiger partial charge is 0.478 e. The van der Waals surface area contributed by atoms with Crippen molar-refractivity contribution in [3.05, 3.63) is 23.0 Å². The molecule has 0 aliphatic rings. The van der Waals surface area contributed by atoms with Crippen molar-refractivity contribution < 1.29 is 14.6 Å². The number of nitrogens with one attached hydrogen (secondary N) is 1. The van der Waals surface area contributed by atoms with Gasteiger partial charge in [0.1, 0.15) is 5.56 Å². The predicted molar refractivity (Wildman–Crippen MR) is 74.8 cm³/mol. The minimum Gasteiger partial charge on any atom is -0.478 e. The van der Waals surface area contributed by atoms with E-state index in [1.54, 1.807) is 20.1 Å². The Labute approximate surface area is 114 Å². The zero-order valence-corrected chi connectivity index (χ0v) is 12.2. The molecule has 0 aromatic carbocycles. The van der Waals surface area contributed by atoms with E-state index in [0.29, 0.717) is 23.9 Å². The number of hydrogen-bond donors (Lipinski definition) is 2. The van der Waals surface area contributed by atoms with Crippen LogP contribution in [0.4, 0.5) is 5.69 Å². The Bertz CT molecular complexity index is 458. The van der Waals surface area contributed by atoms with Crippen LogP contribution in [0, 0.1) is 19.8 Å². The Hall–Kier alpha value is -1.62. The minimum atomic E-state index is -0.965. The normalized spacial score (nSPS) is 12.5. The fourth-order valence-corrected chi connectivity index (χ4v) is 1.99. The lowest BCUT2D eigenvalue weighted by Crippen LogP contribution is -2.31. The van der Waals surface area contributed by atoms with Gasteiger partial charge in [0.15, 0.2) is 0 Å². The SMILES string of the molecule is COCC(Nc1cc(C)nc(C)c1C(=O)O)C(C)C. The van der Waals surface area contributed by atoms with Crippen molar-refractivity contribution in [2.24, 2.45) is 5.92 Å². The molecule has 1 unspecified atom stereocenters. The van der Waals surface area contributed by atoms with Gasteiger partial charge in [-0.05, 0) is 25.8 Å². The van der Waals surface area contributed by atoms with Crippen LogP contribution in [0.3, 0.4) is 0 Å². The summed E-state index contributed by atoms with van der Waals surface area (Å²) >= 11 is 0. The highest BCUT2D eigenvalue weighted by atomic mass is 16.5. The summed E-state index contributed by atoms with van der Waals surface area (Å²) in [7, 11) is 1.64. The number of carbonyl (C=O) groups is 1. The van der Waals surface area contributed by atoms with Crippen LogP contribution in [0.2, 0.25) is 0 Å². The van der Waals surface area contributed by atoms with Gasteiger partial charge in [0, 0.05) is 12.8 Å². The second-order valence-corrected chi connectivity index (χ2v) is 5.03. The summed E-state index contributed by atoms with van der Waals surface area (Å²) in [6.45, 7) is 8.22. The Morgan fingerprint density at radius 1 is 1.47 bits per heavy atom. The zero-order valence-electron chi connectivity index (χ0n) is 12.2. The molecule has 1 aromatic heterocycles. The Morgan fingerprint density at radius 3 is 2.58 bits per heavy atom. The van der Waals surface area contributed by atoms with Crippen molar-refractivity contribution in [2.75, 3.05) is 19.0 Å². The zero-order chi connectivity index (χ0) is 14.6. The molecule has 0 bridgehead atoms. The van der Waals surface area contributed by atoms with Crippen LogP contribution in [-0.2, 0) is 4.74 Å². The molecular weight excluding hydrogens is 244 g/mol. The van der Waals surface area contributed by atoms with Crippen molar-refractivity contribution in [1.82, 2.24) is 4.98 Å². The Balaban J connectivity index is 3.14. The van der Waals surface area contributed by atoms with Crippen molar-refractivity contribution in [3.8, 4) is 0 Å². The monoisotopic (exact) mass is 266 g/mol. The number of hydrogen-bond acceptors (Lipinski definition) is 4. The lowest BCUT2D eigenvalue weighted by atomic mass is 10.0. The lowest BCUT2D eigenvalue weighted by Gasteiger charge is -2.24. The first-order valence-corrected chi connectivity index (χ1v) is 6.33. The van der Waals surface area contributed by atoms with Gasteiger partial charge in [-0.3, -0.25) is 4.98 Å². The molecule has 1 heterocycles. The number of rotatable bonds is 6. The number of anilines is 1. The average molecular weight is 266 g/mol. The van der Waals surface area contributed by atoms with Crippen LogP contribution in [0.15, 0.2) is 6.07 Å². The van der Waals surface area contributed by atoms with E-state index in [2.05, 4.69) is 24.1 Å². The van der Waals surface area contributed by atoms with Crippen LogP contribution in [0.25, 0.3) is 0 Å². The van der Waals surface area contributed by atoms with Crippen LogP contribution in [0.1, 0.15) is 35.6 Å². The first-order valence-electron chi connectivity index (χ1n) is 6.33. The van der Waals surface area contributed by atoms with Gasteiger partial charge in [-0.25, -0.2) is 4.79 Å². The highest BCUT2D eigenvalue weighted by molar-refractivity contribution is 5.95. The van der Waals surface area contributed by atoms with Crippen LogP contribution in [0.5, 0.6) is 0 Å². The van der Waals surface area contributed by atoms with Gasteiger partial charge in [0.05, 0.1) is 24.0 Å². The molecular formula is C14H22N2O3. The first kappa shape index (κ1) is 15.4. The number of aromatic nitrogens is 1. The van der Waals surface area contributed by atoms with Crippen LogP contribution < -0.4 is 5.32 Å². The second-order valence-electron chi connectivity index (χ2n) is 5.03. The number of aromatic carboxylic acids is 1. The number of ether oxygens (including phenoxy) is 1. The predicted octanol–water partition coefficient (Wildman–Crippen LogP) is 2.48. The summed E-state index contributed by atoms with van der Waals surface area (Å²) in [5.74, 6) is -0.636. The number of carboxylic acids is 1. The summed E-state index contributed by atoms with van der Waals surface area (Å²) in [4.78, 5) is 15.6. The third kappa shape index (κ3) is 3.92. The Morgan fingerprint density at radius 2 is 2.11 bits per heavy atom. The van der Waals surface area contributed by atoms with Crippen molar-refractivity contribution in [3.63, 3.8) is 0 Å². The average Bonchev–Trinajstić information content (AvgIpc) is 2.26. The van der Waals surface area contributed by atoms with Gasteiger partial charge in [-0.1, -0.05) is 13.8 Å². The molecule has 0 spiro atoms. The molecule has 0 aliphatic carbocycles. The van der Waals surface area contributed by atoms with Crippen molar-refractivity contribution >= 4 is 11.7 Å². The van der Waals surface area contributed by atoms with Crippen LogP contribution in [-0.4, -0.2) is 35.8 Å². The maximum absolute atomic E-state index is 11.4. The van der Waals surface area contributed by atoms with E-state index in [-0.39, 0.29) is 11.6 Å². The fraction of sp³-hybridized carbons (Fsp3) is 0.571. The van der Waals surface area contributed by atoms with Gasteiger partial charge >= 0.3 is 5.97 Å². The van der Waals surface area contributed by atoms with Gasteiger partial charge in [-0.2, -0.15) is 0 Å². The molecule has 0 fully saturated rings. The van der Waals surface area contributed by atoms with E-state index in [0.717, 1.165) is 5.69 Å². The summed E-state index contributed by atoms with van der Waals surface area (Å²) in [6.07, 6.45) is 0. The van der Waals surface area contributed by atoms with Gasteiger partial charge < -0.3 is 15.2 Å². The molecule has 1 rings (SSSR count). The van der Waals surface area contributed by atoms with E-state index in [1.165, 1.54) is 0 Å². The highest BCUT2D eigenvalue weighted by Gasteiger charge is 2.20. The third-order valence-corrected chi connectivity index (χ3v) is 3.03. The molecule has 0 radical (unpaired) electrons. The fourth-order valence-electron chi connectivity index (χ4n) is 1.99. The highest BCUT2D eigenvalue weighted by Crippen LogP contribution is 2.22. The molecule has 1 aromatic rings. The summed E-state index contributed by atoms with van der Waals surface area (Å²) in [6, 6.07) is 1.82. The number of pyridine rings is 1. The van der Waals surface area contributed by atoms with E-state index >= 15 is 0 Å². The summed E-state index contributed by atoms with van der Waals surface area (Å²) in [5.41, 5.74) is 2.15. The lowest BCUT2D eigenvalue weighted by molar-refractivity contribution is 0.0696. The second kappa shape index (κ2) is 6.52. The molecule has 0 saturated carbocycles.